The van der Waals surface area contributed by atoms with E-state index < -0.39 is 0 Å². The van der Waals surface area contributed by atoms with Crippen molar-refractivity contribution in [2.24, 2.45) is 5.11 Å². The van der Waals surface area contributed by atoms with Crippen LogP contribution in [0.3, 0.4) is 0 Å². The van der Waals surface area contributed by atoms with Gasteiger partial charge in [-0.1, -0.05) is 5.11 Å². The molecule has 1 heterocycles. The number of unbranched alkanes of at least 4 members (excludes halogenated alkanes) is 1. The minimum atomic E-state index is -0.0798. The molecule has 0 aliphatic carbocycles. The Morgan fingerprint density at radius 1 is 1.69 bits per heavy atom. The second-order valence-corrected chi connectivity index (χ2v) is 4.04. The number of azide groups is 1. The van der Waals surface area contributed by atoms with Crippen LogP contribution in [0.2, 0.25) is 0 Å². The molecule has 0 bridgehead atoms. The molecule has 0 aliphatic heterocycles. The number of amides is 1. The Morgan fingerprint density at radius 2 is 2.50 bits per heavy atom. The maximum absolute atomic E-state index is 11.6. The number of nitrogens with zero attached hydrogens (tertiary/aromatic N) is 4. The molecule has 0 radical (unpaired) electrons. The number of hydrogen-bond acceptors (Lipinski definition) is 4. The molecule has 7 heteroatoms. The molecule has 0 spiro atoms. The Hall–Kier alpha value is -1.59. The van der Waals surface area contributed by atoms with Crippen LogP contribution in [0, 0.1) is 6.92 Å². The highest BCUT2D eigenvalue weighted by molar-refractivity contribution is 7.11. The van der Waals surface area contributed by atoms with Crippen LogP contribution in [0.5, 0.6) is 0 Å². The number of hydrogen-bond donors (Lipinski definition) is 1. The van der Waals surface area contributed by atoms with Crippen molar-refractivity contribution in [2.45, 2.75) is 19.8 Å². The molecule has 6 nitrogen and oxygen atoms in total. The first kappa shape index (κ1) is 12.5. The second-order valence-electron chi connectivity index (χ2n) is 3.18. The van der Waals surface area contributed by atoms with Gasteiger partial charge in [-0.25, -0.2) is 4.98 Å². The van der Waals surface area contributed by atoms with E-state index in [1.807, 2.05) is 6.92 Å². The fourth-order valence-electron chi connectivity index (χ4n) is 1.15. The van der Waals surface area contributed by atoms with Crippen LogP contribution in [0.15, 0.2) is 10.6 Å². The van der Waals surface area contributed by atoms with E-state index in [0.29, 0.717) is 18.0 Å². The van der Waals surface area contributed by atoms with Gasteiger partial charge in [0.25, 0.3) is 5.91 Å². The molecule has 0 aliphatic rings. The van der Waals surface area contributed by atoms with Gasteiger partial charge in [0.05, 0.1) is 11.2 Å². The number of carbonyl (C=O) groups excluding carboxylic acids is 1. The maximum Gasteiger partial charge on any atom is 0.263 e. The molecule has 1 amide bonds. The van der Waals surface area contributed by atoms with Gasteiger partial charge in [-0.2, -0.15) is 0 Å². The molecule has 16 heavy (non-hydrogen) atoms. The molecule has 0 saturated heterocycles. The van der Waals surface area contributed by atoms with E-state index in [-0.39, 0.29) is 5.91 Å². The number of rotatable bonds is 6. The van der Waals surface area contributed by atoms with Gasteiger partial charge in [-0.3, -0.25) is 4.79 Å². The highest BCUT2D eigenvalue weighted by Crippen LogP contribution is 2.11. The van der Waals surface area contributed by atoms with Crippen LogP contribution < -0.4 is 5.32 Å². The van der Waals surface area contributed by atoms with E-state index in [4.69, 9.17) is 5.53 Å². The highest BCUT2D eigenvalue weighted by Gasteiger charge is 2.10. The lowest BCUT2D eigenvalue weighted by Gasteiger charge is -2.02. The van der Waals surface area contributed by atoms with E-state index in [0.717, 1.165) is 18.5 Å². The average molecular weight is 239 g/mol. The predicted molar refractivity (Wildman–Crippen MR) is 62.4 cm³/mol. The van der Waals surface area contributed by atoms with Crippen molar-refractivity contribution in [1.29, 1.82) is 0 Å². The Morgan fingerprint density at radius 3 is 3.12 bits per heavy atom. The van der Waals surface area contributed by atoms with Gasteiger partial charge >= 0.3 is 0 Å². The number of carbonyl (C=O) groups is 1. The van der Waals surface area contributed by atoms with Crippen molar-refractivity contribution in [3.8, 4) is 0 Å². The zero-order valence-electron chi connectivity index (χ0n) is 9.01. The van der Waals surface area contributed by atoms with E-state index in [9.17, 15) is 4.79 Å². The topological polar surface area (TPSA) is 90.8 Å². The molecule has 1 N–H and O–H groups in total. The molecular formula is C9H13N5OS. The lowest BCUT2D eigenvalue weighted by Crippen LogP contribution is -2.24. The first-order valence-corrected chi connectivity index (χ1v) is 5.83. The fraction of sp³-hybridized carbons (Fsp3) is 0.556. The monoisotopic (exact) mass is 239 g/mol. The van der Waals surface area contributed by atoms with Crippen molar-refractivity contribution in [1.82, 2.24) is 10.3 Å². The minimum Gasteiger partial charge on any atom is -0.351 e. The van der Waals surface area contributed by atoms with Crippen LogP contribution in [0.25, 0.3) is 10.4 Å². The zero-order chi connectivity index (χ0) is 11.8. The molecule has 0 unspecified atom stereocenters. The zero-order valence-corrected chi connectivity index (χ0v) is 9.83. The third-order valence-electron chi connectivity index (χ3n) is 1.99. The summed E-state index contributed by atoms with van der Waals surface area (Å²) in [5.74, 6) is -0.0798. The number of nitrogens with one attached hydrogen (secondary N) is 1. The van der Waals surface area contributed by atoms with Crippen molar-refractivity contribution in [3.63, 3.8) is 0 Å². The van der Waals surface area contributed by atoms with E-state index >= 15 is 0 Å². The standard InChI is InChI=1S/C9H13N5OS/c1-7-8(16-6-12-7)9(15)11-4-2-3-5-13-14-10/h6H,2-5H2,1H3,(H,11,15). The largest absolute Gasteiger partial charge is 0.351 e. The summed E-state index contributed by atoms with van der Waals surface area (Å²) in [5.41, 5.74) is 10.5. The Kier molecular flexibility index (Phi) is 5.31. The first-order valence-electron chi connectivity index (χ1n) is 4.95. The lowest BCUT2D eigenvalue weighted by molar-refractivity contribution is 0.0956. The second kappa shape index (κ2) is 6.81. The van der Waals surface area contributed by atoms with Gasteiger partial charge in [-0.05, 0) is 25.3 Å². The van der Waals surface area contributed by atoms with Gasteiger partial charge in [0, 0.05) is 18.0 Å². The summed E-state index contributed by atoms with van der Waals surface area (Å²) in [6, 6.07) is 0. The van der Waals surface area contributed by atoms with E-state index in [2.05, 4.69) is 20.3 Å². The van der Waals surface area contributed by atoms with Gasteiger partial charge in [-0.15, -0.1) is 11.3 Å². The highest BCUT2D eigenvalue weighted by atomic mass is 32.1. The normalized spacial score (nSPS) is 9.56. The van der Waals surface area contributed by atoms with Gasteiger partial charge in [0.15, 0.2) is 0 Å². The minimum absolute atomic E-state index is 0.0798. The maximum atomic E-state index is 11.6. The van der Waals surface area contributed by atoms with Crippen LogP contribution in [-0.4, -0.2) is 24.0 Å². The Labute approximate surface area is 97.3 Å². The third kappa shape index (κ3) is 3.88. The molecular weight excluding hydrogens is 226 g/mol. The van der Waals surface area contributed by atoms with Crippen molar-refractivity contribution < 1.29 is 4.79 Å². The lowest BCUT2D eigenvalue weighted by atomic mass is 10.3. The molecule has 1 aromatic rings. The molecule has 0 fully saturated rings. The van der Waals surface area contributed by atoms with Gasteiger partial charge in [0.1, 0.15) is 4.88 Å². The molecule has 0 atom stereocenters. The Bertz CT molecular complexity index is 396. The quantitative estimate of drug-likeness (QED) is 0.357. The summed E-state index contributed by atoms with van der Waals surface area (Å²) in [7, 11) is 0. The summed E-state index contributed by atoms with van der Waals surface area (Å²) in [5, 5.41) is 6.21. The molecule has 86 valence electrons. The summed E-state index contributed by atoms with van der Waals surface area (Å²) in [6.45, 7) is 2.89. The SMILES string of the molecule is Cc1ncsc1C(=O)NCCCCN=[N+]=[N-]. The number of thiazole rings is 1. The van der Waals surface area contributed by atoms with Crippen LogP contribution >= 0.6 is 11.3 Å². The molecule has 1 aromatic heterocycles. The summed E-state index contributed by atoms with van der Waals surface area (Å²) in [6.07, 6.45) is 1.59. The summed E-state index contributed by atoms with van der Waals surface area (Å²) in [4.78, 5) is 18.9. The summed E-state index contributed by atoms with van der Waals surface area (Å²) < 4.78 is 0. The van der Waals surface area contributed by atoms with E-state index in [1.54, 1.807) is 5.51 Å². The summed E-state index contributed by atoms with van der Waals surface area (Å²) >= 11 is 1.34. The first-order chi connectivity index (χ1) is 7.75. The van der Waals surface area contributed by atoms with Gasteiger partial charge in [0.2, 0.25) is 0 Å². The van der Waals surface area contributed by atoms with Crippen molar-refractivity contribution in [3.05, 3.63) is 26.5 Å². The average Bonchev–Trinajstić information content (AvgIpc) is 2.69. The van der Waals surface area contributed by atoms with Crippen LogP contribution in [0.1, 0.15) is 28.2 Å². The van der Waals surface area contributed by atoms with Crippen LogP contribution in [-0.2, 0) is 0 Å². The van der Waals surface area contributed by atoms with Crippen LogP contribution in [0.4, 0.5) is 0 Å². The Balaban J connectivity index is 2.21. The van der Waals surface area contributed by atoms with Gasteiger partial charge < -0.3 is 5.32 Å². The molecule has 1 rings (SSSR count). The molecule has 0 saturated carbocycles. The fourth-order valence-corrected chi connectivity index (χ4v) is 1.87. The third-order valence-corrected chi connectivity index (χ3v) is 2.91. The van der Waals surface area contributed by atoms with Crippen molar-refractivity contribution in [2.75, 3.05) is 13.1 Å². The smallest absolute Gasteiger partial charge is 0.263 e. The number of aryl methyl sites for hydroxylation is 1. The predicted octanol–water partition coefficient (Wildman–Crippen LogP) is 2.27. The van der Waals surface area contributed by atoms with E-state index in [1.165, 1.54) is 11.3 Å². The van der Waals surface area contributed by atoms with Crippen molar-refractivity contribution >= 4 is 17.2 Å². The molecule has 0 aromatic carbocycles. The number of aromatic nitrogens is 1.